The first kappa shape index (κ1) is 91.2. The summed E-state index contributed by atoms with van der Waals surface area (Å²) >= 11 is 0. The Hall–Kier alpha value is -2.02. The smallest absolute Gasteiger partial charge is 0.512 e. The predicted molar refractivity (Wildman–Crippen MR) is 29.8 cm³/mol. The van der Waals surface area contributed by atoms with Gasteiger partial charge in [-0.15, -0.1) is 0 Å². The first-order valence-corrected chi connectivity index (χ1v) is 1.34. The molecule has 0 aliphatic rings. The van der Waals surface area contributed by atoms with E-state index in [-0.39, 0.29) is 34.1 Å². The van der Waals surface area contributed by atoms with Crippen LogP contribution in [-0.2, 0) is 34.1 Å². The average Bonchev–Trinajstić information content (AvgIpc) is 2.33. The SMILES string of the molecule is [C-]#N.[C-]#N.[C-]#N.[C-]#N.[C-]#N.[C-]#N.[Fe+2].[Mn]. The quantitative estimate of drug-likeness (QED) is 0.463. The summed E-state index contributed by atoms with van der Waals surface area (Å²) in [4.78, 5) is 0. The van der Waals surface area contributed by atoms with Crippen LogP contribution in [0.5, 0.6) is 0 Å². The molecule has 73 valence electrons. The maximum Gasteiger partial charge on any atom is 2.00 e. The Labute approximate surface area is 105 Å². The molecule has 0 bridgehead atoms. The second-order valence-corrected chi connectivity index (χ2v) is 0. The number of rotatable bonds is 0. The minimum absolute atomic E-state index is 0. The molecule has 0 heterocycles. The van der Waals surface area contributed by atoms with Crippen LogP contribution >= 0.6 is 0 Å². The van der Waals surface area contributed by atoms with Gasteiger partial charge in [-0.2, -0.15) is 0 Å². The molecule has 0 aromatic carbocycles. The fraction of sp³-hybridized carbons (Fsp3) is 0. The minimum atomic E-state index is 0. The van der Waals surface area contributed by atoms with Crippen molar-refractivity contribution < 1.29 is 34.1 Å². The normalized spacial score (nSPS) is 0.857. The van der Waals surface area contributed by atoms with Gasteiger partial charge in [-0.25, -0.2) is 0 Å². The van der Waals surface area contributed by atoms with Crippen molar-refractivity contribution >= 4 is 0 Å². The molecule has 0 rings (SSSR count). The van der Waals surface area contributed by atoms with Crippen molar-refractivity contribution in [3.05, 3.63) is 39.4 Å². The summed E-state index contributed by atoms with van der Waals surface area (Å²) in [6, 6.07) is 0. The molecule has 0 unspecified atom stereocenters. The standard InChI is InChI=1S/6CN.Fe.Mn/c6*1-2;;/q6*-1;+2;. The molecular formula is C6FeMnN6-4. The van der Waals surface area contributed by atoms with Gasteiger partial charge in [0.25, 0.3) is 0 Å². The van der Waals surface area contributed by atoms with Gasteiger partial charge in [0.15, 0.2) is 0 Å². The van der Waals surface area contributed by atoms with Crippen molar-refractivity contribution in [3.8, 4) is 0 Å². The van der Waals surface area contributed by atoms with E-state index in [4.69, 9.17) is 71.0 Å². The molecule has 0 atom stereocenters. The second kappa shape index (κ2) is 268. The number of nitrogens with zero attached hydrogens (tertiary/aromatic N) is 6. The topological polar surface area (TPSA) is 143 Å². The fourth-order valence-corrected chi connectivity index (χ4v) is 0. The molecule has 6 nitrogen and oxygen atoms in total. The van der Waals surface area contributed by atoms with Gasteiger partial charge < -0.3 is 71.0 Å². The molecule has 0 saturated carbocycles. The molecule has 14 heavy (non-hydrogen) atoms. The van der Waals surface area contributed by atoms with E-state index >= 15 is 0 Å². The molecule has 0 aliphatic heterocycles. The van der Waals surface area contributed by atoms with Crippen molar-refractivity contribution in [1.29, 1.82) is 31.6 Å². The van der Waals surface area contributed by atoms with E-state index in [9.17, 15) is 0 Å². The Morgan fingerprint density at radius 2 is 0.357 bits per heavy atom. The van der Waals surface area contributed by atoms with E-state index in [1.807, 2.05) is 0 Å². The third-order valence-corrected chi connectivity index (χ3v) is 0. The Morgan fingerprint density at radius 3 is 0.357 bits per heavy atom. The molecule has 1 radical (unpaired) electrons. The van der Waals surface area contributed by atoms with Crippen molar-refractivity contribution in [2.75, 3.05) is 0 Å². The van der Waals surface area contributed by atoms with Crippen LogP contribution in [0.15, 0.2) is 0 Å². The first-order chi connectivity index (χ1) is 6.00. The summed E-state index contributed by atoms with van der Waals surface area (Å²) in [7, 11) is 0. The van der Waals surface area contributed by atoms with Gasteiger partial charge in [0.05, 0.1) is 0 Å². The molecule has 0 saturated heterocycles. The monoisotopic (exact) mass is 267 g/mol. The molecule has 0 amide bonds. The van der Waals surface area contributed by atoms with Crippen LogP contribution in [0.25, 0.3) is 0 Å². The van der Waals surface area contributed by atoms with Crippen LogP contribution in [0.3, 0.4) is 0 Å². The van der Waals surface area contributed by atoms with E-state index in [0.717, 1.165) is 0 Å². The zero-order valence-electron chi connectivity index (χ0n) is 6.41. The van der Waals surface area contributed by atoms with E-state index in [0.29, 0.717) is 0 Å². The summed E-state index contributed by atoms with van der Waals surface area (Å²) < 4.78 is 0. The molecule has 0 N–H and O–H groups in total. The first-order valence-electron chi connectivity index (χ1n) is 1.34. The van der Waals surface area contributed by atoms with E-state index in [1.54, 1.807) is 0 Å². The van der Waals surface area contributed by atoms with Gasteiger partial charge in [0.1, 0.15) is 0 Å². The molecule has 0 aromatic rings. The van der Waals surface area contributed by atoms with E-state index in [1.165, 1.54) is 0 Å². The van der Waals surface area contributed by atoms with E-state index in [2.05, 4.69) is 0 Å². The van der Waals surface area contributed by atoms with Crippen LogP contribution in [0.2, 0.25) is 0 Å². The van der Waals surface area contributed by atoms with Crippen LogP contribution in [0, 0.1) is 71.0 Å². The summed E-state index contributed by atoms with van der Waals surface area (Å²) in [5, 5.41) is 37.5. The second-order valence-electron chi connectivity index (χ2n) is 0. The molecule has 0 spiro atoms. The largest absolute Gasteiger partial charge is 2.00 e. The summed E-state index contributed by atoms with van der Waals surface area (Å²) in [5.41, 5.74) is 0. The van der Waals surface area contributed by atoms with Gasteiger partial charge in [0, 0.05) is 17.1 Å². The fourth-order valence-electron chi connectivity index (χ4n) is 0. The van der Waals surface area contributed by atoms with E-state index < -0.39 is 0 Å². The molecule has 0 aromatic heterocycles. The van der Waals surface area contributed by atoms with Crippen molar-refractivity contribution in [3.63, 3.8) is 0 Å². The third kappa shape index (κ3) is 197. The minimum Gasteiger partial charge on any atom is -0.512 e. The molecular weight excluding hydrogens is 267 g/mol. The maximum atomic E-state index is 6.25. The summed E-state index contributed by atoms with van der Waals surface area (Å²) in [6.07, 6.45) is 0. The van der Waals surface area contributed by atoms with Gasteiger partial charge in [-0.1, -0.05) is 0 Å². The van der Waals surface area contributed by atoms with Gasteiger partial charge in [-0.05, 0) is 0 Å². The number of hydrogen-bond donors (Lipinski definition) is 0. The van der Waals surface area contributed by atoms with Crippen molar-refractivity contribution in [2.45, 2.75) is 0 Å². The number of hydrogen-bond acceptors (Lipinski definition) is 6. The van der Waals surface area contributed by atoms with Gasteiger partial charge in [0.2, 0.25) is 0 Å². The Bertz CT molecular complexity index is 97.3. The zero-order valence-corrected chi connectivity index (χ0v) is 8.70. The van der Waals surface area contributed by atoms with Crippen LogP contribution in [-0.4, -0.2) is 0 Å². The van der Waals surface area contributed by atoms with Crippen molar-refractivity contribution in [1.82, 2.24) is 0 Å². The Morgan fingerprint density at radius 1 is 0.357 bits per heavy atom. The molecule has 0 fully saturated rings. The summed E-state index contributed by atoms with van der Waals surface area (Å²) in [6.45, 7) is 28.5. The third-order valence-electron chi connectivity index (χ3n) is 0. The van der Waals surface area contributed by atoms with Crippen LogP contribution in [0.1, 0.15) is 0 Å². The molecule has 8 heteroatoms. The summed E-state index contributed by atoms with van der Waals surface area (Å²) in [5.74, 6) is 0. The Kier molecular flexibility index (Phi) is 1740. The van der Waals surface area contributed by atoms with Crippen molar-refractivity contribution in [2.24, 2.45) is 0 Å². The Balaban J connectivity index is -0.00000000500. The van der Waals surface area contributed by atoms with Gasteiger partial charge >= 0.3 is 17.1 Å². The zero-order chi connectivity index (χ0) is 12.0. The predicted octanol–water partition coefficient (Wildman–Crippen LogP) is 0.573. The van der Waals surface area contributed by atoms with Crippen LogP contribution < -0.4 is 0 Å². The average molecular weight is 267 g/mol. The van der Waals surface area contributed by atoms with Crippen LogP contribution in [0.4, 0.5) is 0 Å². The maximum absolute atomic E-state index is 6.25. The van der Waals surface area contributed by atoms with Gasteiger partial charge in [-0.3, -0.25) is 0 Å². The molecule has 0 aliphatic carbocycles.